The quantitative estimate of drug-likeness (QED) is 0.873. The number of furan rings is 1. The summed E-state index contributed by atoms with van der Waals surface area (Å²) in [5, 5.41) is 12.5. The van der Waals surface area contributed by atoms with Gasteiger partial charge >= 0.3 is 5.97 Å². The number of nitrogens with one attached hydrogen (secondary N) is 1. The van der Waals surface area contributed by atoms with Crippen LogP contribution in [0, 0.1) is 30.6 Å². The predicted octanol–water partition coefficient (Wildman–Crippen LogP) is 2.42. The minimum Gasteiger partial charge on any atom is -0.475 e. The second-order valence-corrected chi connectivity index (χ2v) is 6.42. The summed E-state index contributed by atoms with van der Waals surface area (Å²) in [6, 6.07) is 2.49. The summed E-state index contributed by atoms with van der Waals surface area (Å²) in [6.45, 7) is 2.44. The third kappa shape index (κ3) is 1.66. The Morgan fingerprint density at radius 2 is 2.11 bits per heavy atom. The van der Waals surface area contributed by atoms with Crippen molar-refractivity contribution in [2.75, 3.05) is 0 Å². The topological polar surface area (TPSA) is 62.5 Å². The van der Waals surface area contributed by atoms with Crippen molar-refractivity contribution in [3.05, 3.63) is 23.2 Å². The minimum absolute atomic E-state index is 0.0767. The lowest BCUT2D eigenvalue weighted by atomic mass is 10.0. The van der Waals surface area contributed by atoms with Crippen molar-refractivity contribution in [2.45, 2.75) is 38.8 Å². The molecule has 4 rings (SSSR count). The first-order chi connectivity index (χ1) is 9.15. The summed E-state index contributed by atoms with van der Waals surface area (Å²) in [4.78, 5) is 10.9. The lowest BCUT2D eigenvalue weighted by Gasteiger charge is -2.09. The van der Waals surface area contributed by atoms with E-state index in [-0.39, 0.29) is 5.76 Å². The van der Waals surface area contributed by atoms with E-state index < -0.39 is 5.97 Å². The molecule has 4 heteroatoms. The van der Waals surface area contributed by atoms with Crippen molar-refractivity contribution in [1.29, 1.82) is 0 Å². The number of hydrogen-bond donors (Lipinski definition) is 2. The number of carboxylic acid groups (broad SMARTS) is 1. The Labute approximate surface area is 112 Å². The maximum absolute atomic E-state index is 10.9. The van der Waals surface area contributed by atoms with E-state index in [1.807, 2.05) is 6.07 Å². The molecule has 19 heavy (non-hydrogen) atoms. The van der Waals surface area contributed by atoms with Crippen LogP contribution in [0.1, 0.15) is 41.1 Å². The number of hydrogen-bond acceptors (Lipinski definition) is 3. The molecule has 0 aromatic carbocycles. The molecule has 4 nitrogen and oxygen atoms in total. The maximum atomic E-state index is 10.9. The van der Waals surface area contributed by atoms with Gasteiger partial charge in [0.25, 0.3) is 0 Å². The van der Waals surface area contributed by atoms with Gasteiger partial charge < -0.3 is 14.8 Å². The number of carboxylic acids is 1. The Hall–Kier alpha value is -1.29. The number of aromatic carboxylic acids is 1. The fraction of sp³-hybridized carbons (Fsp3) is 0.667. The van der Waals surface area contributed by atoms with Crippen molar-refractivity contribution in [3.63, 3.8) is 0 Å². The molecule has 2 bridgehead atoms. The number of carbonyl (C=O) groups is 1. The van der Waals surface area contributed by atoms with Crippen LogP contribution in [0.3, 0.4) is 0 Å². The first-order valence-electron chi connectivity index (χ1n) is 7.21. The largest absolute Gasteiger partial charge is 0.475 e. The van der Waals surface area contributed by atoms with Crippen LogP contribution in [0.15, 0.2) is 10.5 Å². The summed E-state index contributed by atoms with van der Waals surface area (Å²) < 4.78 is 5.38. The highest BCUT2D eigenvalue weighted by Crippen LogP contribution is 2.65. The van der Waals surface area contributed by atoms with E-state index in [0.29, 0.717) is 18.2 Å². The molecule has 0 aliphatic heterocycles. The Bertz CT molecular complexity index is 519. The lowest BCUT2D eigenvalue weighted by Crippen LogP contribution is -2.22. The highest BCUT2D eigenvalue weighted by Gasteiger charge is 2.64. The van der Waals surface area contributed by atoms with Gasteiger partial charge in [-0.1, -0.05) is 0 Å². The van der Waals surface area contributed by atoms with Crippen molar-refractivity contribution >= 4 is 5.97 Å². The van der Waals surface area contributed by atoms with Gasteiger partial charge in [-0.25, -0.2) is 4.79 Å². The summed E-state index contributed by atoms with van der Waals surface area (Å²) in [5.41, 5.74) is 0.709. The molecule has 0 spiro atoms. The molecule has 1 aromatic heterocycles. The fourth-order valence-corrected chi connectivity index (χ4v) is 4.66. The van der Waals surface area contributed by atoms with Gasteiger partial charge in [0.05, 0.1) is 6.54 Å². The zero-order valence-electron chi connectivity index (χ0n) is 11.1. The standard InChI is InChI=1S/C15H19NO3/c1-7-4-10(19-14(7)15(17)18)6-16-13-11-8-2-3-9(5-8)12(11)13/h4,8-9,11-13,16H,2-3,5-6H2,1H3,(H,17,18). The molecule has 2 N–H and O–H groups in total. The molecule has 0 saturated heterocycles. The van der Waals surface area contributed by atoms with Gasteiger partial charge in [0, 0.05) is 11.6 Å². The molecular formula is C15H19NO3. The average molecular weight is 261 g/mol. The molecule has 4 atom stereocenters. The third-order valence-corrected chi connectivity index (χ3v) is 5.41. The number of fused-ring (bicyclic) bond motifs is 5. The van der Waals surface area contributed by atoms with Crippen LogP contribution in [-0.4, -0.2) is 17.1 Å². The molecule has 102 valence electrons. The van der Waals surface area contributed by atoms with E-state index in [2.05, 4.69) is 5.32 Å². The van der Waals surface area contributed by atoms with Crippen molar-refractivity contribution in [3.8, 4) is 0 Å². The third-order valence-electron chi connectivity index (χ3n) is 5.41. The highest BCUT2D eigenvalue weighted by molar-refractivity contribution is 5.86. The van der Waals surface area contributed by atoms with E-state index in [9.17, 15) is 4.79 Å². The SMILES string of the molecule is Cc1cc(CNC2C3C4CCC(C4)C23)oc1C(=O)O. The molecule has 3 saturated carbocycles. The van der Waals surface area contributed by atoms with Gasteiger partial charge in [-0.15, -0.1) is 0 Å². The smallest absolute Gasteiger partial charge is 0.372 e. The summed E-state index contributed by atoms with van der Waals surface area (Å²) in [6.07, 6.45) is 4.30. The van der Waals surface area contributed by atoms with Gasteiger partial charge in [-0.05, 0) is 55.9 Å². The first kappa shape index (κ1) is 11.5. The average Bonchev–Trinajstić information content (AvgIpc) is 2.74. The molecule has 0 radical (unpaired) electrons. The zero-order chi connectivity index (χ0) is 13.1. The van der Waals surface area contributed by atoms with E-state index in [0.717, 1.165) is 29.4 Å². The molecule has 3 fully saturated rings. The van der Waals surface area contributed by atoms with Crippen LogP contribution in [0.5, 0.6) is 0 Å². The molecule has 0 amide bonds. The van der Waals surface area contributed by atoms with Gasteiger partial charge in [-0.2, -0.15) is 0 Å². The predicted molar refractivity (Wildman–Crippen MR) is 68.8 cm³/mol. The van der Waals surface area contributed by atoms with Crippen LogP contribution in [-0.2, 0) is 6.54 Å². The maximum Gasteiger partial charge on any atom is 0.372 e. The lowest BCUT2D eigenvalue weighted by molar-refractivity contribution is 0.0659. The Morgan fingerprint density at radius 3 is 2.68 bits per heavy atom. The molecule has 4 unspecified atom stereocenters. The molecule has 1 aromatic rings. The molecule has 1 heterocycles. The Kier molecular flexibility index (Phi) is 2.34. The van der Waals surface area contributed by atoms with E-state index in [4.69, 9.17) is 9.52 Å². The first-order valence-corrected chi connectivity index (χ1v) is 7.21. The Balaban J connectivity index is 1.39. The second kappa shape index (κ2) is 3.85. The second-order valence-electron chi connectivity index (χ2n) is 6.42. The van der Waals surface area contributed by atoms with Gasteiger partial charge in [0.2, 0.25) is 5.76 Å². The molecule has 3 aliphatic carbocycles. The van der Waals surface area contributed by atoms with Crippen molar-refractivity contribution in [2.24, 2.45) is 23.7 Å². The van der Waals surface area contributed by atoms with Crippen LogP contribution in [0.25, 0.3) is 0 Å². The van der Waals surface area contributed by atoms with Crippen molar-refractivity contribution < 1.29 is 14.3 Å². The van der Waals surface area contributed by atoms with E-state index in [1.54, 1.807) is 6.92 Å². The fourth-order valence-electron chi connectivity index (χ4n) is 4.66. The van der Waals surface area contributed by atoms with Crippen LogP contribution in [0.2, 0.25) is 0 Å². The summed E-state index contributed by atoms with van der Waals surface area (Å²) >= 11 is 0. The number of aryl methyl sites for hydroxylation is 1. The molecule has 3 aliphatic rings. The van der Waals surface area contributed by atoms with Crippen molar-refractivity contribution in [1.82, 2.24) is 5.32 Å². The summed E-state index contributed by atoms with van der Waals surface area (Å²) in [5.74, 6) is 3.55. The summed E-state index contributed by atoms with van der Waals surface area (Å²) in [7, 11) is 0. The van der Waals surface area contributed by atoms with Crippen LogP contribution >= 0.6 is 0 Å². The normalized spacial score (nSPS) is 38.5. The monoisotopic (exact) mass is 261 g/mol. The molecular weight excluding hydrogens is 242 g/mol. The number of rotatable bonds is 4. The van der Waals surface area contributed by atoms with E-state index in [1.165, 1.54) is 19.3 Å². The minimum atomic E-state index is -0.981. The van der Waals surface area contributed by atoms with E-state index >= 15 is 0 Å². The Morgan fingerprint density at radius 1 is 1.42 bits per heavy atom. The van der Waals surface area contributed by atoms with Crippen LogP contribution < -0.4 is 5.32 Å². The van der Waals surface area contributed by atoms with Gasteiger partial charge in [0.1, 0.15) is 5.76 Å². The van der Waals surface area contributed by atoms with Gasteiger partial charge in [0.15, 0.2) is 0 Å². The van der Waals surface area contributed by atoms with Crippen LogP contribution in [0.4, 0.5) is 0 Å². The van der Waals surface area contributed by atoms with Gasteiger partial charge in [-0.3, -0.25) is 0 Å². The highest BCUT2D eigenvalue weighted by atomic mass is 16.4. The zero-order valence-corrected chi connectivity index (χ0v) is 11.1.